The van der Waals surface area contributed by atoms with Crippen molar-refractivity contribution in [2.45, 2.75) is 43.7 Å². The number of fused-ring (bicyclic) bond motifs is 2. The van der Waals surface area contributed by atoms with Crippen LogP contribution in [0.15, 0.2) is 24.4 Å². The van der Waals surface area contributed by atoms with Crippen LogP contribution < -0.4 is 20.9 Å². The van der Waals surface area contributed by atoms with Crippen LogP contribution in [0.5, 0.6) is 0 Å². The topological polar surface area (TPSA) is 96.6 Å². The molecule has 1 aliphatic carbocycles. The lowest BCUT2D eigenvalue weighted by molar-refractivity contribution is -0.120. The zero-order chi connectivity index (χ0) is 22.3. The molecule has 0 radical (unpaired) electrons. The summed E-state index contributed by atoms with van der Waals surface area (Å²) in [6.07, 6.45) is 5.13. The van der Waals surface area contributed by atoms with Gasteiger partial charge in [0.25, 0.3) is 0 Å². The lowest BCUT2D eigenvalue weighted by Gasteiger charge is -2.22. The molecule has 3 aliphatic rings. The third kappa shape index (κ3) is 3.69. The van der Waals surface area contributed by atoms with Crippen LogP contribution in [0.4, 0.5) is 21.8 Å². The molecule has 1 unspecified atom stereocenters. The van der Waals surface area contributed by atoms with Gasteiger partial charge in [-0.15, -0.1) is 0 Å². The number of rotatable bonds is 8. The first-order valence-corrected chi connectivity index (χ1v) is 11.2. The van der Waals surface area contributed by atoms with E-state index in [1.54, 1.807) is 24.3 Å². The Balaban J connectivity index is 1.43. The highest BCUT2D eigenvalue weighted by atomic mass is 19.1. The largest absolute Gasteiger partial charge is 0.385 e. The third-order valence-electron chi connectivity index (χ3n) is 6.68. The summed E-state index contributed by atoms with van der Waals surface area (Å²) in [4.78, 5) is 26.4. The molecular weight excluding hydrogens is 411 g/mol. The highest BCUT2D eigenvalue weighted by Crippen LogP contribution is 2.57. The van der Waals surface area contributed by atoms with E-state index in [9.17, 15) is 9.18 Å². The van der Waals surface area contributed by atoms with Crippen LogP contribution in [0.2, 0.25) is 0 Å². The van der Waals surface area contributed by atoms with E-state index in [4.69, 9.17) is 15.5 Å². The van der Waals surface area contributed by atoms with Gasteiger partial charge in [0.05, 0.1) is 17.6 Å². The van der Waals surface area contributed by atoms with E-state index in [0.29, 0.717) is 37.1 Å². The second kappa shape index (κ2) is 8.29. The van der Waals surface area contributed by atoms with E-state index < -0.39 is 5.41 Å². The molecular formula is C23H29FN6O2. The molecule has 1 aromatic heterocycles. The van der Waals surface area contributed by atoms with E-state index in [1.807, 2.05) is 0 Å². The first-order chi connectivity index (χ1) is 15.5. The molecule has 170 valence electrons. The maximum atomic E-state index is 14.0. The van der Waals surface area contributed by atoms with Crippen LogP contribution in [0.1, 0.15) is 36.8 Å². The maximum Gasteiger partial charge on any atom is 0.238 e. The number of anilines is 3. The van der Waals surface area contributed by atoms with Gasteiger partial charge in [0, 0.05) is 51.2 Å². The van der Waals surface area contributed by atoms with Crippen LogP contribution in [0.3, 0.4) is 0 Å². The number of nitrogens with one attached hydrogen (secondary N) is 1. The minimum Gasteiger partial charge on any atom is -0.385 e. The van der Waals surface area contributed by atoms with Crippen LogP contribution in [-0.2, 0) is 21.5 Å². The van der Waals surface area contributed by atoms with Gasteiger partial charge >= 0.3 is 0 Å². The van der Waals surface area contributed by atoms with Gasteiger partial charge in [-0.1, -0.05) is 6.07 Å². The Bertz CT molecular complexity index is 1030. The Labute approximate surface area is 187 Å². The third-order valence-corrected chi connectivity index (χ3v) is 6.68. The monoisotopic (exact) mass is 440 g/mol. The van der Waals surface area contributed by atoms with Gasteiger partial charge in [0.1, 0.15) is 11.6 Å². The Hall–Kier alpha value is -2.78. The number of halogens is 1. The van der Waals surface area contributed by atoms with Gasteiger partial charge in [-0.05, 0) is 43.4 Å². The van der Waals surface area contributed by atoms with Crippen molar-refractivity contribution in [1.82, 2.24) is 9.97 Å². The van der Waals surface area contributed by atoms with Crippen LogP contribution in [0, 0.1) is 5.82 Å². The molecule has 1 saturated heterocycles. The predicted molar refractivity (Wildman–Crippen MR) is 120 cm³/mol. The molecule has 2 aliphatic heterocycles. The summed E-state index contributed by atoms with van der Waals surface area (Å²) in [7, 11) is 1.67. The second-order valence-corrected chi connectivity index (χ2v) is 8.95. The maximum absolute atomic E-state index is 14.0. The second-order valence-electron chi connectivity index (χ2n) is 8.95. The number of nitrogens with two attached hydrogens (primary N) is 1. The zero-order valence-electron chi connectivity index (χ0n) is 18.3. The number of amides is 1. The molecule has 9 heteroatoms. The minimum atomic E-state index is -0.471. The number of aromatic nitrogens is 2. The summed E-state index contributed by atoms with van der Waals surface area (Å²) in [6, 6.07) is 4.79. The van der Waals surface area contributed by atoms with Gasteiger partial charge < -0.3 is 25.6 Å². The van der Waals surface area contributed by atoms with E-state index in [1.165, 1.54) is 12.1 Å². The summed E-state index contributed by atoms with van der Waals surface area (Å²) < 4.78 is 19.2. The van der Waals surface area contributed by atoms with Crippen LogP contribution >= 0.6 is 0 Å². The van der Waals surface area contributed by atoms with Gasteiger partial charge in [0.15, 0.2) is 0 Å². The van der Waals surface area contributed by atoms with Gasteiger partial charge in [-0.2, -0.15) is 4.98 Å². The summed E-state index contributed by atoms with van der Waals surface area (Å²) in [5, 5.41) is 3.38. The standard InChI is InChI=1S/C23H29FN6O2/c1-32-10-2-8-26-20-15(12-27-22(28-20)29-9-5-17(25)14-29)13-30-19-11-16(24)3-4-18(19)23(6-7-23)21(30)31/h3-4,11-12,17H,2,5-10,13-14,25H2,1H3,(H,26,27,28). The molecule has 2 aromatic rings. The zero-order valence-corrected chi connectivity index (χ0v) is 18.3. The number of hydrogen-bond acceptors (Lipinski definition) is 7. The number of hydrogen-bond donors (Lipinski definition) is 2. The van der Waals surface area contributed by atoms with Crippen molar-refractivity contribution in [3.63, 3.8) is 0 Å². The molecule has 0 bridgehead atoms. The fourth-order valence-corrected chi connectivity index (χ4v) is 4.76. The average molecular weight is 441 g/mol. The Morgan fingerprint density at radius 1 is 1.38 bits per heavy atom. The van der Waals surface area contributed by atoms with Gasteiger partial charge in [-0.25, -0.2) is 9.37 Å². The molecule has 32 heavy (non-hydrogen) atoms. The summed E-state index contributed by atoms with van der Waals surface area (Å²) in [6.45, 7) is 3.16. The first kappa shape index (κ1) is 21.1. The molecule has 1 spiro atoms. The van der Waals surface area contributed by atoms with Crippen molar-refractivity contribution in [3.8, 4) is 0 Å². The van der Waals surface area contributed by atoms with Crippen LogP contribution in [0.25, 0.3) is 0 Å². The summed E-state index contributed by atoms with van der Waals surface area (Å²) >= 11 is 0. The number of ether oxygens (including phenoxy) is 1. The molecule has 1 amide bonds. The van der Waals surface area contributed by atoms with Crippen molar-refractivity contribution in [2.24, 2.45) is 5.73 Å². The molecule has 2 fully saturated rings. The Morgan fingerprint density at radius 3 is 2.94 bits per heavy atom. The molecule has 3 heterocycles. The number of benzene rings is 1. The molecule has 1 saturated carbocycles. The number of nitrogens with zero attached hydrogens (tertiary/aromatic N) is 4. The number of carbonyl (C=O) groups excluding carboxylic acids is 1. The SMILES string of the molecule is COCCCNc1nc(N2CCC(N)C2)ncc1CN1C(=O)C2(CC2)c2ccc(F)cc21. The quantitative estimate of drug-likeness (QED) is 0.608. The minimum absolute atomic E-state index is 0.0398. The summed E-state index contributed by atoms with van der Waals surface area (Å²) in [5.41, 5.74) is 7.98. The van der Waals surface area contributed by atoms with Gasteiger partial charge in [-0.3, -0.25) is 4.79 Å². The molecule has 3 N–H and O–H groups in total. The van der Waals surface area contributed by atoms with Crippen molar-refractivity contribution in [3.05, 3.63) is 41.3 Å². The molecule has 8 nitrogen and oxygen atoms in total. The van der Waals surface area contributed by atoms with Crippen LogP contribution in [-0.4, -0.2) is 55.3 Å². The first-order valence-electron chi connectivity index (χ1n) is 11.2. The van der Waals surface area contributed by atoms with Crippen molar-refractivity contribution in [1.29, 1.82) is 0 Å². The van der Waals surface area contributed by atoms with E-state index in [0.717, 1.165) is 49.9 Å². The van der Waals surface area contributed by atoms with E-state index >= 15 is 0 Å². The molecule has 1 atom stereocenters. The molecule has 5 rings (SSSR count). The van der Waals surface area contributed by atoms with E-state index in [-0.39, 0.29) is 17.8 Å². The number of methoxy groups -OCH3 is 1. The highest BCUT2D eigenvalue weighted by molar-refractivity contribution is 6.10. The fourth-order valence-electron chi connectivity index (χ4n) is 4.76. The van der Waals surface area contributed by atoms with Crippen molar-refractivity contribution >= 4 is 23.4 Å². The summed E-state index contributed by atoms with van der Waals surface area (Å²) in [5.74, 6) is 1.02. The average Bonchev–Trinajstić information content (AvgIpc) is 3.43. The molecule has 1 aromatic carbocycles. The lowest BCUT2D eigenvalue weighted by atomic mass is 9.98. The smallest absolute Gasteiger partial charge is 0.238 e. The van der Waals surface area contributed by atoms with Crippen molar-refractivity contribution < 1.29 is 13.9 Å². The Morgan fingerprint density at radius 2 is 2.22 bits per heavy atom. The lowest BCUT2D eigenvalue weighted by Crippen LogP contribution is -2.32. The fraction of sp³-hybridized carbons (Fsp3) is 0.522. The normalized spacial score (nSPS) is 20.8. The Kier molecular flexibility index (Phi) is 5.46. The van der Waals surface area contributed by atoms with E-state index in [2.05, 4.69) is 15.2 Å². The predicted octanol–water partition coefficient (Wildman–Crippen LogP) is 2.18. The highest BCUT2D eigenvalue weighted by Gasteiger charge is 2.59. The van der Waals surface area contributed by atoms with Gasteiger partial charge in [0.2, 0.25) is 11.9 Å². The number of carbonyl (C=O) groups is 1. The van der Waals surface area contributed by atoms with Crippen molar-refractivity contribution in [2.75, 3.05) is 48.5 Å².